The average Bonchev–Trinajstić information content (AvgIpc) is 2.28. The minimum Gasteiger partial charge on any atom is -0.478 e. The molecule has 6 nitrogen and oxygen atoms in total. The summed E-state index contributed by atoms with van der Waals surface area (Å²) in [5.41, 5.74) is 0.704. The third-order valence-corrected chi connectivity index (χ3v) is 2.12. The van der Waals surface area contributed by atoms with Crippen LogP contribution in [0.3, 0.4) is 0 Å². The number of carboxylic acids is 1. The van der Waals surface area contributed by atoms with E-state index in [4.69, 9.17) is 15.6 Å². The van der Waals surface area contributed by atoms with Gasteiger partial charge in [0.15, 0.2) is 0 Å². The van der Waals surface area contributed by atoms with Crippen molar-refractivity contribution in [2.75, 3.05) is 18.0 Å². The van der Waals surface area contributed by atoms with Gasteiger partial charge in [-0.2, -0.15) is 10.5 Å². The molecule has 0 aliphatic heterocycles. The first-order valence-corrected chi connectivity index (χ1v) is 4.79. The maximum atomic E-state index is 10.7. The normalized spacial score (nSPS) is 9.12. The van der Waals surface area contributed by atoms with Crippen molar-refractivity contribution in [1.82, 2.24) is 4.98 Å². The minimum atomic E-state index is -1.06. The highest BCUT2D eigenvalue weighted by molar-refractivity contribution is 5.87. The van der Waals surface area contributed by atoms with Crippen molar-refractivity contribution in [3.8, 4) is 12.1 Å². The standard InChI is InChI=1S/C11H10N4O2/c1-8-6-9(11(16)17)7-14-10(8)15(4-2-12)5-3-13/h6-7H,4-5H2,1H3,(H,16,17). The second kappa shape index (κ2) is 5.47. The first-order chi connectivity index (χ1) is 8.10. The third-order valence-electron chi connectivity index (χ3n) is 2.12. The Bertz CT molecular complexity index is 497. The minimum absolute atomic E-state index is 0.0355. The number of anilines is 1. The molecule has 0 aliphatic carbocycles. The largest absolute Gasteiger partial charge is 0.478 e. The van der Waals surface area contributed by atoms with Gasteiger partial charge in [-0.15, -0.1) is 0 Å². The van der Waals surface area contributed by atoms with E-state index >= 15 is 0 Å². The summed E-state index contributed by atoms with van der Waals surface area (Å²) in [4.78, 5) is 16.2. The van der Waals surface area contributed by atoms with Crippen LogP contribution in [0.25, 0.3) is 0 Å². The lowest BCUT2D eigenvalue weighted by Gasteiger charge is -2.18. The van der Waals surface area contributed by atoms with Crippen LogP contribution in [0.5, 0.6) is 0 Å². The van der Waals surface area contributed by atoms with E-state index in [-0.39, 0.29) is 18.7 Å². The molecule has 0 aliphatic rings. The molecule has 0 radical (unpaired) electrons. The lowest BCUT2D eigenvalue weighted by molar-refractivity contribution is 0.0696. The molecule has 0 fully saturated rings. The highest BCUT2D eigenvalue weighted by atomic mass is 16.4. The predicted octanol–water partition coefficient (Wildman–Crippen LogP) is 0.942. The van der Waals surface area contributed by atoms with Crippen molar-refractivity contribution in [3.05, 3.63) is 23.4 Å². The van der Waals surface area contributed by atoms with Crippen LogP contribution >= 0.6 is 0 Å². The van der Waals surface area contributed by atoms with Crippen molar-refractivity contribution in [1.29, 1.82) is 10.5 Å². The van der Waals surface area contributed by atoms with E-state index in [1.807, 2.05) is 12.1 Å². The summed E-state index contributed by atoms with van der Waals surface area (Å²) in [6.45, 7) is 1.76. The van der Waals surface area contributed by atoms with Crippen LogP contribution in [0.1, 0.15) is 15.9 Å². The van der Waals surface area contributed by atoms with E-state index in [1.165, 1.54) is 17.2 Å². The zero-order valence-corrected chi connectivity index (χ0v) is 9.21. The van der Waals surface area contributed by atoms with E-state index in [0.29, 0.717) is 11.4 Å². The number of nitriles is 2. The van der Waals surface area contributed by atoms with Crippen LogP contribution in [0, 0.1) is 29.6 Å². The summed E-state index contributed by atoms with van der Waals surface area (Å²) in [6.07, 6.45) is 1.21. The van der Waals surface area contributed by atoms with E-state index in [2.05, 4.69) is 4.98 Å². The number of hydrogen-bond acceptors (Lipinski definition) is 5. The number of aromatic carboxylic acids is 1. The van der Waals surface area contributed by atoms with Crippen molar-refractivity contribution in [2.24, 2.45) is 0 Å². The van der Waals surface area contributed by atoms with Gasteiger partial charge in [-0.25, -0.2) is 9.78 Å². The number of pyridine rings is 1. The van der Waals surface area contributed by atoms with Crippen molar-refractivity contribution in [2.45, 2.75) is 6.92 Å². The third kappa shape index (κ3) is 2.93. The van der Waals surface area contributed by atoms with Gasteiger partial charge in [0.1, 0.15) is 18.9 Å². The van der Waals surface area contributed by atoms with Crippen LogP contribution < -0.4 is 4.90 Å². The first kappa shape index (κ1) is 12.5. The lowest BCUT2D eigenvalue weighted by Crippen LogP contribution is -2.25. The molecule has 17 heavy (non-hydrogen) atoms. The fraction of sp³-hybridized carbons (Fsp3) is 0.273. The molecule has 6 heteroatoms. The number of hydrogen-bond donors (Lipinski definition) is 1. The topological polar surface area (TPSA) is 101 Å². The molecule has 0 unspecified atom stereocenters. The smallest absolute Gasteiger partial charge is 0.337 e. The highest BCUT2D eigenvalue weighted by Crippen LogP contribution is 2.17. The zero-order chi connectivity index (χ0) is 12.8. The van der Waals surface area contributed by atoms with E-state index in [1.54, 1.807) is 6.92 Å². The summed E-state index contributed by atoms with van der Waals surface area (Å²) in [7, 11) is 0. The quantitative estimate of drug-likeness (QED) is 0.772. The number of aryl methyl sites for hydroxylation is 1. The van der Waals surface area contributed by atoms with Gasteiger partial charge in [0.05, 0.1) is 17.7 Å². The Balaban J connectivity index is 3.09. The second-order valence-electron chi connectivity index (χ2n) is 3.34. The van der Waals surface area contributed by atoms with Crippen LogP contribution in [0.4, 0.5) is 5.82 Å². The van der Waals surface area contributed by atoms with Gasteiger partial charge < -0.3 is 10.0 Å². The van der Waals surface area contributed by atoms with Crippen molar-refractivity contribution >= 4 is 11.8 Å². The fourth-order valence-corrected chi connectivity index (χ4v) is 1.39. The number of nitrogens with zero attached hydrogens (tertiary/aromatic N) is 4. The Morgan fingerprint density at radius 3 is 2.47 bits per heavy atom. The molecule has 1 heterocycles. The Hall–Kier alpha value is -2.60. The average molecular weight is 230 g/mol. The van der Waals surface area contributed by atoms with E-state index < -0.39 is 5.97 Å². The summed E-state index contributed by atoms with van der Waals surface area (Å²) in [5, 5.41) is 26.1. The summed E-state index contributed by atoms with van der Waals surface area (Å²) in [5.74, 6) is -0.600. The predicted molar refractivity (Wildman–Crippen MR) is 59.4 cm³/mol. The number of aromatic nitrogens is 1. The SMILES string of the molecule is Cc1cc(C(=O)O)cnc1N(CC#N)CC#N. The maximum Gasteiger partial charge on any atom is 0.337 e. The number of carboxylic acid groups (broad SMARTS) is 1. The molecule has 1 rings (SSSR count). The molecule has 0 saturated heterocycles. The van der Waals surface area contributed by atoms with E-state index in [9.17, 15) is 4.79 Å². The van der Waals surface area contributed by atoms with Gasteiger partial charge in [0.2, 0.25) is 0 Å². The number of carbonyl (C=O) groups is 1. The number of rotatable bonds is 4. The van der Waals surface area contributed by atoms with Gasteiger partial charge in [-0.3, -0.25) is 0 Å². The molecule has 86 valence electrons. The first-order valence-electron chi connectivity index (χ1n) is 4.79. The van der Waals surface area contributed by atoms with Gasteiger partial charge >= 0.3 is 5.97 Å². The molecule has 1 aromatic rings. The monoisotopic (exact) mass is 230 g/mol. The Morgan fingerprint density at radius 2 is 2.06 bits per heavy atom. The van der Waals surface area contributed by atoms with Crippen LogP contribution in [0.15, 0.2) is 12.3 Å². The molecule has 0 aromatic carbocycles. The van der Waals surface area contributed by atoms with Gasteiger partial charge in [-0.05, 0) is 18.6 Å². The molecule has 0 saturated carbocycles. The maximum absolute atomic E-state index is 10.7. The van der Waals surface area contributed by atoms with E-state index in [0.717, 1.165) is 0 Å². The molecule has 0 amide bonds. The summed E-state index contributed by atoms with van der Waals surface area (Å²) < 4.78 is 0. The van der Waals surface area contributed by atoms with Crippen LogP contribution in [0.2, 0.25) is 0 Å². The molecule has 1 N–H and O–H groups in total. The molecular weight excluding hydrogens is 220 g/mol. The van der Waals surface area contributed by atoms with Crippen LogP contribution in [-0.2, 0) is 0 Å². The molecule has 1 aromatic heterocycles. The molecule has 0 atom stereocenters. The van der Waals surface area contributed by atoms with Crippen molar-refractivity contribution in [3.63, 3.8) is 0 Å². The van der Waals surface area contributed by atoms with Gasteiger partial charge in [0.25, 0.3) is 0 Å². The Labute approximate surface area is 98.3 Å². The second-order valence-corrected chi connectivity index (χ2v) is 3.34. The lowest BCUT2D eigenvalue weighted by atomic mass is 10.2. The zero-order valence-electron chi connectivity index (χ0n) is 9.21. The summed E-state index contributed by atoms with van der Waals surface area (Å²) in [6, 6.07) is 5.33. The molecule has 0 spiro atoms. The van der Waals surface area contributed by atoms with Crippen LogP contribution in [-0.4, -0.2) is 29.1 Å². The highest BCUT2D eigenvalue weighted by Gasteiger charge is 2.12. The van der Waals surface area contributed by atoms with Crippen molar-refractivity contribution < 1.29 is 9.90 Å². The Kier molecular flexibility index (Phi) is 4.02. The molecular formula is C11H10N4O2. The fourth-order valence-electron chi connectivity index (χ4n) is 1.39. The van der Waals surface area contributed by atoms with Gasteiger partial charge in [0, 0.05) is 6.20 Å². The molecule has 0 bridgehead atoms. The Morgan fingerprint density at radius 1 is 1.47 bits per heavy atom. The van der Waals surface area contributed by atoms with Gasteiger partial charge in [-0.1, -0.05) is 0 Å². The summed E-state index contributed by atoms with van der Waals surface area (Å²) >= 11 is 0.